The lowest BCUT2D eigenvalue weighted by atomic mass is 10.2. The van der Waals surface area contributed by atoms with Gasteiger partial charge in [-0.1, -0.05) is 11.6 Å². The zero-order chi connectivity index (χ0) is 13.4. The Balaban J connectivity index is 1.93. The molecule has 0 radical (unpaired) electrons. The second kappa shape index (κ2) is 4.66. The highest BCUT2D eigenvalue weighted by molar-refractivity contribution is 6.32. The van der Waals surface area contributed by atoms with E-state index < -0.39 is 0 Å². The van der Waals surface area contributed by atoms with E-state index in [0.717, 1.165) is 11.3 Å². The Hall–Kier alpha value is -1.88. The van der Waals surface area contributed by atoms with Crippen molar-refractivity contribution in [3.63, 3.8) is 0 Å². The Morgan fingerprint density at radius 1 is 1.32 bits per heavy atom. The molecule has 0 atom stereocenters. The third kappa shape index (κ3) is 2.33. The minimum Gasteiger partial charge on any atom is -0.486 e. The van der Waals surface area contributed by atoms with Gasteiger partial charge in [0.15, 0.2) is 11.5 Å². The SMILES string of the molecule is Cc1cc(N)n(Cc2cc(Cl)c3c(c2)OCCO3)n1. The van der Waals surface area contributed by atoms with Crippen molar-refractivity contribution in [1.29, 1.82) is 0 Å². The number of aryl methyl sites for hydroxylation is 1. The van der Waals surface area contributed by atoms with E-state index in [0.29, 0.717) is 42.1 Å². The lowest BCUT2D eigenvalue weighted by molar-refractivity contribution is 0.171. The van der Waals surface area contributed by atoms with E-state index in [1.165, 1.54) is 0 Å². The van der Waals surface area contributed by atoms with Crippen molar-refractivity contribution in [2.45, 2.75) is 13.5 Å². The summed E-state index contributed by atoms with van der Waals surface area (Å²) in [6, 6.07) is 5.60. The predicted molar refractivity (Wildman–Crippen MR) is 72.9 cm³/mol. The van der Waals surface area contributed by atoms with Gasteiger partial charge in [-0.15, -0.1) is 0 Å². The van der Waals surface area contributed by atoms with Crippen LogP contribution in [0.5, 0.6) is 11.5 Å². The third-order valence-corrected chi connectivity index (χ3v) is 3.20. The van der Waals surface area contributed by atoms with E-state index in [2.05, 4.69) is 5.10 Å². The van der Waals surface area contributed by atoms with Gasteiger partial charge >= 0.3 is 0 Å². The maximum Gasteiger partial charge on any atom is 0.179 e. The molecule has 1 aliphatic rings. The highest BCUT2D eigenvalue weighted by Crippen LogP contribution is 2.38. The number of rotatable bonds is 2. The summed E-state index contributed by atoms with van der Waals surface area (Å²) in [5, 5.41) is 4.87. The first kappa shape index (κ1) is 12.2. The topological polar surface area (TPSA) is 62.3 Å². The molecule has 2 N–H and O–H groups in total. The minimum atomic E-state index is 0.525. The number of nitrogens with two attached hydrogens (primary N) is 1. The van der Waals surface area contributed by atoms with E-state index >= 15 is 0 Å². The Labute approximate surface area is 115 Å². The highest BCUT2D eigenvalue weighted by Gasteiger charge is 2.17. The molecule has 2 aromatic rings. The fourth-order valence-corrected chi connectivity index (χ4v) is 2.41. The fourth-order valence-electron chi connectivity index (χ4n) is 2.12. The molecule has 5 nitrogen and oxygen atoms in total. The van der Waals surface area contributed by atoms with E-state index in [-0.39, 0.29) is 0 Å². The monoisotopic (exact) mass is 279 g/mol. The van der Waals surface area contributed by atoms with Gasteiger partial charge in [-0.05, 0) is 24.6 Å². The van der Waals surface area contributed by atoms with Crippen LogP contribution in [0.1, 0.15) is 11.3 Å². The second-order valence-corrected chi connectivity index (χ2v) is 4.88. The van der Waals surface area contributed by atoms with Crippen molar-refractivity contribution in [3.8, 4) is 11.5 Å². The molecule has 3 rings (SSSR count). The molecule has 0 saturated carbocycles. The van der Waals surface area contributed by atoms with Gasteiger partial charge in [-0.2, -0.15) is 5.10 Å². The third-order valence-electron chi connectivity index (χ3n) is 2.92. The molecule has 0 fully saturated rings. The van der Waals surface area contributed by atoms with Gasteiger partial charge in [-0.25, -0.2) is 4.68 Å². The van der Waals surface area contributed by atoms with Gasteiger partial charge < -0.3 is 15.2 Å². The first-order valence-electron chi connectivity index (χ1n) is 6.01. The summed E-state index contributed by atoms with van der Waals surface area (Å²) in [6.07, 6.45) is 0. The smallest absolute Gasteiger partial charge is 0.179 e. The molecular weight excluding hydrogens is 266 g/mol. The van der Waals surface area contributed by atoms with E-state index in [1.807, 2.05) is 25.1 Å². The normalized spacial score (nSPS) is 13.6. The van der Waals surface area contributed by atoms with Crippen LogP contribution < -0.4 is 15.2 Å². The quantitative estimate of drug-likeness (QED) is 0.916. The summed E-state index contributed by atoms with van der Waals surface area (Å²) < 4.78 is 12.8. The summed E-state index contributed by atoms with van der Waals surface area (Å²) in [5.74, 6) is 1.92. The van der Waals surface area contributed by atoms with Gasteiger partial charge in [0, 0.05) is 6.07 Å². The zero-order valence-electron chi connectivity index (χ0n) is 10.5. The Morgan fingerprint density at radius 3 is 2.84 bits per heavy atom. The molecular formula is C13H14ClN3O2. The van der Waals surface area contributed by atoms with Crippen molar-refractivity contribution in [2.24, 2.45) is 0 Å². The molecule has 100 valence electrons. The Morgan fingerprint density at radius 2 is 2.11 bits per heavy atom. The molecule has 1 aromatic heterocycles. The van der Waals surface area contributed by atoms with Crippen LogP contribution in [0.3, 0.4) is 0 Å². The van der Waals surface area contributed by atoms with Crippen molar-refractivity contribution in [2.75, 3.05) is 18.9 Å². The summed E-state index contributed by atoms with van der Waals surface area (Å²) in [4.78, 5) is 0. The molecule has 0 saturated heterocycles. The Bertz CT molecular complexity index is 625. The van der Waals surface area contributed by atoms with Gasteiger partial charge in [0.05, 0.1) is 17.3 Å². The number of benzene rings is 1. The van der Waals surface area contributed by atoms with Crippen molar-refractivity contribution in [3.05, 3.63) is 34.5 Å². The van der Waals surface area contributed by atoms with Crippen molar-refractivity contribution >= 4 is 17.4 Å². The van der Waals surface area contributed by atoms with Crippen LogP contribution in [0.4, 0.5) is 5.82 Å². The van der Waals surface area contributed by atoms with Gasteiger partial charge in [0.1, 0.15) is 19.0 Å². The second-order valence-electron chi connectivity index (χ2n) is 4.47. The van der Waals surface area contributed by atoms with E-state index in [9.17, 15) is 0 Å². The molecule has 0 spiro atoms. The van der Waals surface area contributed by atoms with Crippen LogP contribution in [0.25, 0.3) is 0 Å². The van der Waals surface area contributed by atoms with Crippen LogP contribution >= 0.6 is 11.6 Å². The number of halogens is 1. The summed E-state index contributed by atoms with van der Waals surface area (Å²) in [7, 11) is 0. The maximum absolute atomic E-state index is 6.19. The van der Waals surface area contributed by atoms with Crippen LogP contribution in [0, 0.1) is 6.92 Å². The number of hydrogen-bond donors (Lipinski definition) is 1. The van der Waals surface area contributed by atoms with Gasteiger partial charge in [0.25, 0.3) is 0 Å². The number of fused-ring (bicyclic) bond motifs is 1. The molecule has 2 heterocycles. The number of hydrogen-bond acceptors (Lipinski definition) is 4. The predicted octanol–water partition coefficient (Wildman–Crippen LogP) is 2.25. The molecule has 1 aromatic carbocycles. The Kier molecular flexibility index (Phi) is 2.98. The molecule has 1 aliphatic heterocycles. The average Bonchev–Trinajstić information content (AvgIpc) is 2.68. The van der Waals surface area contributed by atoms with Gasteiger partial charge in [-0.3, -0.25) is 0 Å². The van der Waals surface area contributed by atoms with Crippen LogP contribution in [-0.4, -0.2) is 23.0 Å². The number of ether oxygens (including phenoxy) is 2. The zero-order valence-corrected chi connectivity index (χ0v) is 11.3. The summed E-state index contributed by atoms with van der Waals surface area (Å²) in [6.45, 7) is 3.52. The first-order valence-corrected chi connectivity index (χ1v) is 6.39. The lowest BCUT2D eigenvalue weighted by Gasteiger charge is -2.20. The maximum atomic E-state index is 6.19. The largest absolute Gasteiger partial charge is 0.486 e. The molecule has 6 heteroatoms. The van der Waals surface area contributed by atoms with E-state index in [1.54, 1.807) is 4.68 Å². The molecule has 19 heavy (non-hydrogen) atoms. The fraction of sp³-hybridized carbons (Fsp3) is 0.308. The van der Waals surface area contributed by atoms with Gasteiger partial charge in [0.2, 0.25) is 0 Å². The number of aromatic nitrogens is 2. The van der Waals surface area contributed by atoms with Crippen LogP contribution in [0.15, 0.2) is 18.2 Å². The van der Waals surface area contributed by atoms with Crippen molar-refractivity contribution < 1.29 is 9.47 Å². The number of anilines is 1. The highest BCUT2D eigenvalue weighted by atomic mass is 35.5. The lowest BCUT2D eigenvalue weighted by Crippen LogP contribution is -2.16. The van der Waals surface area contributed by atoms with E-state index in [4.69, 9.17) is 26.8 Å². The molecule has 0 amide bonds. The average molecular weight is 280 g/mol. The van der Waals surface area contributed by atoms with Crippen LogP contribution in [0.2, 0.25) is 5.02 Å². The molecule has 0 aliphatic carbocycles. The first-order chi connectivity index (χ1) is 9.13. The van der Waals surface area contributed by atoms with Crippen LogP contribution in [-0.2, 0) is 6.54 Å². The number of nitrogens with zero attached hydrogens (tertiary/aromatic N) is 2. The van der Waals surface area contributed by atoms with Crippen molar-refractivity contribution in [1.82, 2.24) is 9.78 Å². The summed E-state index contributed by atoms with van der Waals surface area (Å²) >= 11 is 6.19. The standard InChI is InChI=1S/C13H14ClN3O2/c1-8-4-12(15)17(16-8)7-9-5-10(14)13-11(6-9)18-2-3-19-13/h4-6H,2-3,7,15H2,1H3. The molecule has 0 unspecified atom stereocenters. The minimum absolute atomic E-state index is 0.525. The summed E-state index contributed by atoms with van der Waals surface area (Å²) in [5.41, 5.74) is 7.74. The number of nitrogen functional groups attached to an aromatic ring is 1. The molecule has 0 bridgehead atoms.